The van der Waals surface area contributed by atoms with Gasteiger partial charge in [0.1, 0.15) is 12.9 Å². The third-order valence-corrected chi connectivity index (χ3v) is 7.48. The van der Waals surface area contributed by atoms with Crippen LogP contribution in [0, 0.1) is 0 Å². The number of carbonyl (C=O) groups is 2. The molecule has 0 aromatic heterocycles. The smallest absolute Gasteiger partial charge is 0.790 e. The minimum absolute atomic E-state index is 0. The molecule has 250 valence electrons. The number of carbonyl (C=O) groups excluding carboxylic acids is 2. The normalized spacial score (nSPS) is 11.8. The molecule has 0 aromatic rings. The average molecular weight is 668 g/mol. The summed E-state index contributed by atoms with van der Waals surface area (Å²) in [5, 5.41) is 2.83. The van der Waals surface area contributed by atoms with Crippen LogP contribution < -0.4 is 74.2 Å². The van der Waals surface area contributed by atoms with Crippen LogP contribution in [0.3, 0.4) is 0 Å². The molecule has 0 unspecified atom stereocenters. The Morgan fingerprint density at radius 3 is 1.66 bits per heavy atom. The van der Waals surface area contributed by atoms with Crippen LogP contribution >= 0.6 is 7.82 Å². The Kier molecular flexibility index (Phi) is 41.3. The Morgan fingerprint density at radius 2 is 1.16 bits per heavy atom. The summed E-state index contributed by atoms with van der Waals surface area (Å²) >= 11 is 0. The van der Waals surface area contributed by atoms with Gasteiger partial charge in [-0.2, -0.15) is 0 Å². The molecule has 0 spiro atoms. The summed E-state index contributed by atoms with van der Waals surface area (Å²) in [6.45, 7) is 4.40. The van der Waals surface area contributed by atoms with E-state index in [1.54, 1.807) is 6.92 Å². The first-order chi connectivity index (χ1) is 20.2. The van der Waals surface area contributed by atoms with Gasteiger partial charge in [-0.05, 0) is 19.3 Å². The third-order valence-electron chi connectivity index (χ3n) is 7.01. The maximum absolute atomic E-state index is 12.1. The van der Waals surface area contributed by atoms with Crippen LogP contribution in [0.2, 0.25) is 0 Å². The molecule has 1 amide bonds. The van der Waals surface area contributed by atoms with Gasteiger partial charge < -0.3 is 38.4 Å². The van der Waals surface area contributed by atoms with E-state index in [-0.39, 0.29) is 84.8 Å². The van der Waals surface area contributed by atoms with Gasteiger partial charge in [-0.1, -0.05) is 116 Å². The first kappa shape index (κ1) is 49.4. The van der Waals surface area contributed by atoms with Crippen LogP contribution in [0.1, 0.15) is 149 Å². The Bertz CT molecular complexity index is 687. The van der Waals surface area contributed by atoms with Crippen molar-refractivity contribution >= 4 is 19.7 Å². The number of phosphoric ester groups is 1. The number of unbranched alkanes of at least 4 members (excludes halogenated alkanes) is 18. The molecule has 1 N–H and O–H groups in total. The molecule has 0 rings (SSSR count). The molecular formula is C31H60NNa2O9P. The largest absolute Gasteiger partial charge is 1.00 e. The first-order valence-electron chi connectivity index (χ1n) is 16.5. The van der Waals surface area contributed by atoms with Crippen molar-refractivity contribution in [3.8, 4) is 0 Å². The van der Waals surface area contributed by atoms with E-state index >= 15 is 0 Å². The summed E-state index contributed by atoms with van der Waals surface area (Å²) in [5.41, 5.74) is 0. The van der Waals surface area contributed by atoms with E-state index in [9.17, 15) is 23.9 Å². The van der Waals surface area contributed by atoms with Crippen molar-refractivity contribution in [2.45, 2.75) is 155 Å². The second kappa shape index (κ2) is 36.8. The van der Waals surface area contributed by atoms with Crippen LogP contribution in [0.5, 0.6) is 0 Å². The molecule has 0 aromatic carbocycles. The van der Waals surface area contributed by atoms with Crippen molar-refractivity contribution < 1.29 is 102 Å². The van der Waals surface area contributed by atoms with Crippen molar-refractivity contribution in [2.24, 2.45) is 0 Å². The Labute approximate surface area is 312 Å². The van der Waals surface area contributed by atoms with Crippen LogP contribution in [-0.4, -0.2) is 51.1 Å². The van der Waals surface area contributed by atoms with E-state index in [1.807, 2.05) is 0 Å². The number of nitrogens with one attached hydrogen (secondary N) is 1. The predicted octanol–water partition coefficient (Wildman–Crippen LogP) is 0.0903. The van der Waals surface area contributed by atoms with Gasteiger partial charge in [0.15, 0.2) is 0 Å². The first-order valence-corrected chi connectivity index (χ1v) is 18.0. The Balaban J connectivity index is -0.00000840. The van der Waals surface area contributed by atoms with Gasteiger partial charge >= 0.3 is 65.1 Å². The van der Waals surface area contributed by atoms with Gasteiger partial charge in [0.25, 0.3) is 0 Å². The van der Waals surface area contributed by atoms with Crippen LogP contribution in [-0.2, 0) is 32.9 Å². The fraction of sp³-hybridized carbons (Fsp3) is 0.935. The SMILES string of the molecule is CCCCCCCCCC(=O)O[C@@H](COCOCCCCCCCCCCCCCCCNC(C)=O)COP(=O)([O-])[O-].[Na+].[Na+]. The zero-order valence-electron chi connectivity index (χ0n) is 28.6. The quantitative estimate of drug-likeness (QED) is 0.0347. The summed E-state index contributed by atoms with van der Waals surface area (Å²) in [6, 6.07) is 0. The van der Waals surface area contributed by atoms with E-state index in [0.29, 0.717) is 13.0 Å². The third kappa shape index (κ3) is 41.0. The van der Waals surface area contributed by atoms with E-state index in [2.05, 4.69) is 16.8 Å². The van der Waals surface area contributed by atoms with Crippen molar-refractivity contribution in [3.63, 3.8) is 0 Å². The number of rotatable bonds is 32. The maximum Gasteiger partial charge on any atom is 1.00 e. The molecule has 10 nitrogen and oxygen atoms in total. The summed E-state index contributed by atoms with van der Waals surface area (Å²) in [6.07, 6.45) is 22.4. The van der Waals surface area contributed by atoms with Crippen molar-refractivity contribution in [1.82, 2.24) is 5.32 Å². The Hall–Kier alpha value is 0.970. The maximum atomic E-state index is 12.1. The van der Waals surface area contributed by atoms with Gasteiger partial charge in [-0.15, -0.1) is 0 Å². The van der Waals surface area contributed by atoms with Gasteiger partial charge in [0, 0.05) is 26.5 Å². The van der Waals surface area contributed by atoms with Gasteiger partial charge in [0.05, 0.1) is 21.0 Å². The summed E-state index contributed by atoms with van der Waals surface area (Å²) in [5.74, 6) is -0.405. The second-order valence-electron chi connectivity index (χ2n) is 11.2. The number of phosphoric acid groups is 1. The molecule has 0 aliphatic carbocycles. The number of hydrogen-bond acceptors (Lipinski definition) is 9. The van der Waals surface area contributed by atoms with Gasteiger partial charge in [-0.25, -0.2) is 0 Å². The molecule has 44 heavy (non-hydrogen) atoms. The topological polar surface area (TPSA) is 146 Å². The number of amides is 1. The van der Waals surface area contributed by atoms with E-state index < -0.39 is 26.5 Å². The van der Waals surface area contributed by atoms with Crippen molar-refractivity contribution in [3.05, 3.63) is 0 Å². The van der Waals surface area contributed by atoms with Crippen LogP contribution in [0.15, 0.2) is 0 Å². The molecule has 0 aliphatic heterocycles. The predicted molar refractivity (Wildman–Crippen MR) is 162 cm³/mol. The molecule has 0 heterocycles. The summed E-state index contributed by atoms with van der Waals surface area (Å²) < 4.78 is 31.3. The van der Waals surface area contributed by atoms with Crippen molar-refractivity contribution in [2.75, 3.05) is 33.2 Å². The van der Waals surface area contributed by atoms with E-state index in [0.717, 1.165) is 45.1 Å². The minimum Gasteiger partial charge on any atom is -0.790 e. The fourth-order valence-corrected chi connectivity index (χ4v) is 4.95. The molecule has 13 heteroatoms. The molecule has 0 aliphatic rings. The summed E-state index contributed by atoms with van der Waals surface area (Å²) in [4.78, 5) is 44.6. The Morgan fingerprint density at radius 1 is 0.682 bits per heavy atom. The zero-order chi connectivity index (χ0) is 31.2. The van der Waals surface area contributed by atoms with E-state index in [1.165, 1.54) is 83.5 Å². The monoisotopic (exact) mass is 667 g/mol. The number of esters is 1. The molecule has 0 fully saturated rings. The zero-order valence-corrected chi connectivity index (χ0v) is 33.5. The molecule has 0 saturated heterocycles. The van der Waals surface area contributed by atoms with Crippen LogP contribution in [0.4, 0.5) is 0 Å². The second-order valence-corrected chi connectivity index (χ2v) is 12.4. The van der Waals surface area contributed by atoms with Crippen molar-refractivity contribution in [1.29, 1.82) is 0 Å². The van der Waals surface area contributed by atoms with E-state index in [4.69, 9.17) is 14.2 Å². The molecule has 0 saturated carbocycles. The molecule has 1 atom stereocenters. The van der Waals surface area contributed by atoms with Gasteiger partial charge in [0.2, 0.25) is 5.91 Å². The fourth-order valence-electron chi connectivity index (χ4n) is 4.60. The van der Waals surface area contributed by atoms with Crippen LogP contribution in [0.25, 0.3) is 0 Å². The van der Waals surface area contributed by atoms with Gasteiger partial charge in [-0.3, -0.25) is 9.59 Å². The molecule has 0 bridgehead atoms. The summed E-state index contributed by atoms with van der Waals surface area (Å²) in [7, 11) is -5.17. The average Bonchev–Trinajstić information content (AvgIpc) is 2.93. The molecular weight excluding hydrogens is 607 g/mol. The number of hydrogen-bond donors (Lipinski definition) is 1. The minimum atomic E-state index is -5.17. The number of ether oxygens (including phenoxy) is 3. The standard InChI is InChI=1S/C31H62NO9P.2Na/c1-3-4-5-6-14-17-20-23-31(34)41-30(27-40-42(35,36)37)26-39-28-38-25-22-19-16-13-11-9-7-8-10-12-15-18-21-24-32-29(2)33;;/h30H,3-28H2,1-2H3,(H,32,33)(H2,35,36,37);;/q;2*+1/p-2/t30-;;/m0../s1. The molecule has 0 radical (unpaired) electrons.